The molecule has 0 spiro atoms. The lowest BCUT2D eigenvalue weighted by Gasteiger charge is -2.28. The Kier molecular flexibility index (Phi) is 5.60. The highest BCUT2D eigenvalue weighted by Crippen LogP contribution is 2.30. The number of benzene rings is 1. The molecule has 3 heteroatoms. The zero-order valence-corrected chi connectivity index (χ0v) is 12.4. The largest absolute Gasteiger partial charge is 0.496 e. The van der Waals surface area contributed by atoms with Gasteiger partial charge in [0.2, 0.25) is 0 Å². The summed E-state index contributed by atoms with van der Waals surface area (Å²) in [4.78, 5) is 10.9. The van der Waals surface area contributed by atoms with E-state index in [1.165, 1.54) is 19.3 Å². The molecule has 0 amide bonds. The van der Waals surface area contributed by atoms with Crippen LogP contribution in [0.2, 0.25) is 0 Å². The van der Waals surface area contributed by atoms with Crippen molar-refractivity contribution >= 4 is 6.29 Å². The number of ether oxygens (including phenoxy) is 2. The number of methoxy groups -OCH3 is 1. The van der Waals surface area contributed by atoms with Crippen molar-refractivity contribution in [3.63, 3.8) is 0 Å². The molecule has 0 saturated heterocycles. The Balaban J connectivity index is 1.97. The van der Waals surface area contributed by atoms with Gasteiger partial charge in [0.1, 0.15) is 12.0 Å². The van der Waals surface area contributed by atoms with Gasteiger partial charge in [-0.2, -0.15) is 0 Å². The monoisotopic (exact) mass is 276 g/mol. The highest BCUT2D eigenvalue weighted by atomic mass is 16.5. The summed E-state index contributed by atoms with van der Waals surface area (Å²) in [6.45, 7) is 2.77. The second-order valence-corrected chi connectivity index (χ2v) is 5.56. The van der Waals surface area contributed by atoms with E-state index in [0.717, 1.165) is 36.4 Å². The predicted octanol–water partition coefficient (Wildman–Crippen LogP) is 3.99. The molecule has 0 N–H and O–H groups in total. The molecule has 110 valence electrons. The van der Waals surface area contributed by atoms with E-state index >= 15 is 0 Å². The van der Waals surface area contributed by atoms with E-state index in [9.17, 15) is 4.79 Å². The van der Waals surface area contributed by atoms with Gasteiger partial charge in [-0.3, -0.25) is 4.79 Å². The quantitative estimate of drug-likeness (QED) is 0.737. The lowest BCUT2D eigenvalue weighted by atomic mass is 9.85. The first-order chi connectivity index (χ1) is 9.76. The Labute approximate surface area is 121 Å². The fraction of sp³-hybridized carbons (Fsp3) is 0.588. The zero-order chi connectivity index (χ0) is 14.4. The van der Waals surface area contributed by atoms with Gasteiger partial charge in [0.05, 0.1) is 19.8 Å². The van der Waals surface area contributed by atoms with Crippen LogP contribution in [-0.2, 0) is 11.3 Å². The minimum atomic E-state index is 0.346. The molecule has 0 bridgehead atoms. The van der Waals surface area contributed by atoms with Crippen LogP contribution in [-0.4, -0.2) is 19.5 Å². The molecule has 3 nitrogen and oxygen atoms in total. The molecule has 20 heavy (non-hydrogen) atoms. The van der Waals surface area contributed by atoms with E-state index < -0.39 is 0 Å². The van der Waals surface area contributed by atoms with Crippen LogP contribution in [0.1, 0.15) is 54.9 Å². The summed E-state index contributed by atoms with van der Waals surface area (Å²) in [5.74, 6) is 1.59. The van der Waals surface area contributed by atoms with Gasteiger partial charge in [-0.15, -0.1) is 0 Å². The number of hydrogen-bond acceptors (Lipinski definition) is 3. The van der Waals surface area contributed by atoms with Crippen molar-refractivity contribution in [2.45, 2.75) is 51.7 Å². The molecule has 1 aliphatic carbocycles. The molecule has 1 aromatic rings. The highest BCUT2D eigenvalue weighted by Gasteiger charge is 2.21. The van der Waals surface area contributed by atoms with E-state index in [4.69, 9.17) is 9.47 Å². The first kappa shape index (κ1) is 15.0. The Morgan fingerprint density at radius 2 is 2.20 bits per heavy atom. The van der Waals surface area contributed by atoms with Crippen molar-refractivity contribution in [2.24, 2.45) is 5.92 Å². The lowest BCUT2D eigenvalue weighted by molar-refractivity contribution is 0.00107. The number of rotatable bonds is 6. The summed E-state index contributed by atoms with van der Waals surface area (Å²) in [6.07, 6.45) is 7.34. The van der Waals surface area contributed by atoms with Gasteiger partial charge in [0.25, 0.3) is 0 Å². The van der Waals surface area contributed by atoms with Crippen molar-refractivity contribution in [1.82, 2.24) is 0 Å². The van der Waals surface area contributed by atoms with Gasteiger partial charge in [-0.05, 0) is 37.0 Å². The van der Waals surface area contributed by atoms with Crippen LogP contribution in [0.3, 0.4) is 0 Å². The summed E-state index contributed by atoms with van der Waals surface area (Å²) in [6, 6.07) is 5.45. The number of carbonyl (C=O) groups excluding carboxylic acids is 1. The van der Waals surface area contributed by atoms with Crippen LogP contribution < -0.4 is 4.74 Å². The lowest BCUT2D eigenvalue weighted by Crippen LogP contribution is -2.22. The first-order valence-electron chi connectivity index (χ1n) is 7.50. The van der Waals surface area contributed by atoms with Crippen molar-refractivity contribution < 1.29 is 14.3 Å². The van der Waals surface area contributed by atoms with E-state index in [1.54, 1.807) is 13.2 Å². The maximum absolute atomic E-state index is 10.9. The van der Waals surface area contributed by atoms with Gasteiger partial charge in [-0.1, -0.05) is 26.2 Å². The third kappa shape index (κ3) is 3.83. The first-order valence-corrected chi connectivity index (χ1v) is 7.50. The molecular weight excluding hydrogens is 252 g/mol. The predicted molar refractivity (Wildman–Crippen MR) is 79.2 cm³/mol. The Morgan fingerprint density at radius 1 is 1.35 bits per heavy atom. The molecule has 0 radical (unpaired) electrons. The van der Waals surface area contributed by atoms with Crippen molar-refractivity contribution in [1.29, 1.82) is 0 Å². The van der Waals surface area contributed by atoms with Crippen LogP contribution in [0.5, 0.6) is 5.75 Å². The maximum Gasteiger partial charge on any atom is 0.150 e. The average Bonchev–Trinajstić information content (AvgIpc) is 2.52. The summed E-state index contributed by atoms with van der Waals surface area (Å²) >= 11 is 0. The second kappa shape index (κ2) is 7.44. The molecule has 0 heterocycles. The molecule has 2 rings (SSSR count). The smallest absolute Gasteiger partial charge is 0.150 e. The third-order valence-corrected chi connectivity index (χ3v) is 4.23. The summed E-state index contributed by atoms with van der Waals surface area (Å²) in [5.41, 5.74) is 1.62. The molecular formula is C17H24O3. The minimum absolute atomic E-state index is 0.346. The number of aldehydes is 1. The van der Waals surface area contributed by atoms with Gasteiger partial charge in [0, 0.05) is 11.1 Å². The standard InChI is InChI=1S/C17H24O3/c1-3-13-5-4-6-16(10-13)20-12-15-9-14(11-18)7-8-17(15)19-2/h7-9,11,13,16H,3-6,10,12H2,1-2H3. The second-order valence-electron chi connectivity index (χ2n) is 5.56. The normalized spacial score (nSPS) is 22.5. The van der Waals surface area contributed by atoms with Crippen LogP contribution in [0.15, 0.2) is 18.2 Å². The summed E-state index contributed by atoms with van der Waals surface area (Å²) in [5, 5.41) is 0. The van der Waals surface area contributed by atoms with Crippen LogP contribution in [0, 0.1) is 5.92 Å². The maximum atomic E-state index is 10.9. The molecule has 0 aliphatic heterocycles. The molecule has 2 unspecified atom stereocenters. The summed E-state index contributed by atoms with van der Waals surface area (Å²) < 4.78 is 11.4. The average molecular weight is 276 g/mol. The Morgan fingerprint density at radius 3 is 2.90 bits per heavy atom. The molecule has 0 aromatic heterocycles. The van der Waals surface area contributed by atoms with Crippen LogP contribution >= 0.6 is 0 Å². The number of carbonyl (C=O) groups is 1. The topological polar surface area (TPSA) is 35.5 Å². The van der Waals surface area contributed by atoms with Crippen molar-refractivity contribution in [3.05, 3.63) is 29.3 Å². The van der Waals surface area contributed by atoms with E-state index in [2.05, 4.69) is 6.92 Å². The van der Waals surface area contributed by atoms with Crippen molar-refractivity contribution in [2.75, 3.05) is 7.11 Å². The van der Waals surface area contributed by atoms with E-state index in [-0.39, 0.29) is 0 Å². The van der Waals surface area contributed by atoms with E-state index in [1.807, 2.05) is 12.1 Å². The zero-order valence-electron chi connectivity index (χ0n) is 12.4. The highest BCUT2D eigenvalue weighted by molar-refractivity contribution is 5.75. The number of hydrogen-bond donors (Lipinski definition) is 0. The third-order valence-electron chi connectivity index (χ3n) is 4.23. The fourth-order valence-electron chi connectivity index (χ4n) is 2.96. The molecule has 1 saturated carbocycles. The van der Waals surface area contributed by atoms with Gasteiger partial charge >= 0.3 is 0 Å². The van der Waals surface area contributed by atoms with Gasteiger partial charge in [-0.25, -0.2) is 0 Å². The SMILES string of the molecule is CCC1CCCC(OCc2cc(C=O)ccc2OC)C1. The van der Waals surface area contributed by atoms with E-state index in [0.29, 0.717) is 18.3 Å². The molecule has 1 aromatic carbocycles. The Hall–Kier alpha value is -1.35. The molecule has 1 aliphatic rings. The fourth-order valence-corrected chi connectivity index (χ4v) is 2.96. The van der Waals surface area contributed by atoms with Gasteiger partial charge in [0.15, 0.2) is 0 Å². The molecule has 1 fully saturated rings. The van der Waals surface area contributed by atoms with Crippen LogP contribution in [0.4, 0.5) is 0 Å². The van der Waals surface area contributed by atoms with Crippen LogP contribution in [0.25, 0.3) is 0 Å². The summed E-state index contributed by atoms with van der Waals surface area (Å²) in [7, 11) is 1.65. The van der Waals surface area contributed by atoms with Gasteiger partial charge < -0.3 is 9.47 Å². The Bertz CT molecular complexity index is 442. The van der Waals surface area contributed by atoms with Crippen molar-refractivity contribution in [3.8, 4) is 5.75 Å². The minimum Gasteiger partial charge on any atom is -0.496 e. The molecule has 2 atom stereocenters.